The molecule has 1 heterocycles. The van der Waals surface area contributed by atoms with Gasteiger partial charge in [0.1, 0.15) is 5.15 Å². The first-order chi connectivity index (χ1) is 13.2. The van der Waals surface area contributed by atoms with Crippen LogP contribution in [0.25, 0.3) is 11.8 Å². The van der Waals surface area contributed by atoms with Crippen LogP contribution < -0.4 is 0 Å². The van der Waals surface area contributed by atoms with E-state index in [1.54, 1.807) is 22.9 Å². The highest BCUT2D eigenvalue weighted by Gasteiger charge is 2.15. The van der Waals surface area contributed by atoms with Gasteiger partial charge in [-0.3, -0.25) is 4.79 Å². The molecule has 0 unspecified atom stereocenters. The Kier molecular flexibility index (Phi) is 5.78. The summed E-state index contributed by atoms with van der Waals surface area (Å²) in [4.78, 5) is 12.5. The summed E-state index contributed by atoms with van der Waals surface area (Å²) in [5, 5.41) is 5.52. The van der Waals surface area contributed by atoms with E-state index in [-0.39, 0.29) is 11.2 Å². The molecule has 2 aromatic carbocycles. The smallest absolute Gasteiger partial charge is 0.185 e. The van der Waals surface area contributed by atoms with Gasteiger partial charge in [0.15, 0.2) is 5.78 Å². The second-order valence-electron chi connectivity index (χ2n) is 7.71. The fourth-order valence-corrected chi connectivity index (χ4v) is 3.39. The van der Waals surface area contributed by atoms with Crippen molar-refractivity contribution < 1.29 is 4.79 Å². The van der Waals surface area contributed by atoms with Crippen molar-refractivity contribution in [2.45, 2.75) is 33.1 Å². The molecule has 28 heavy (non-hydrogen) atoms. The summed E-state index contributed by atoms with van der Waals surface area (Å²) in [6, 6.07) is 15.0. The van der Waals surface area contributed by atoms with Crippen LogP contribution in [0.3, 0.4) is 0 Å². The van der Waals surface area contributed by atoms with Crippen LogP contribution in [-0.2, 0) is 5.41 Å². The molecule has 5 heteroatoms. The summed E-state index contributed by atoms with van der Waals surface area (Å²) in [6.07, 6.45) is 3.25. The molecule has 0 bridgehead atoms. The quantitative estimate of drug-likeness (QED) is 0.353. The predicted molar refractivity (Wildman–Crippen MR) is 117 cm³/mol. The zero-order valence-electron chi connectivity index (χ0n) is 16.3. The zero-order valence-corrected chi connectivity index (χ0v) is 17.8. The van der Waals surface area contributed by atoms with Crippen LogP contribution in [0.5, 0.6) is 0 Å². The Morgan fingerprint density at radius 3 is 2.36 bits per heavy atom. The number of ketones is 1. The predicted octanol–water partition coefficient (Wildman–Crippen LogP) is 6.68. The first-order valence-electron chi connectivity index (χ1n) is 9.01. The molecule has 3 nitrogen and oxygen atoms in total. The van der Waals surface area contributed by atoms with E-state index in [1.807, 2.05) is 43.3 Å². The molecule has 144 valence electrons. The van der Waals surface area contributed by atoms with E-state index < -0.39 is 0 Å². The molecule has 0 amide bonds. The summed E-state index contributed by atoms with van der Waals surface area (Å²) < 4.78 is 1.62. The van der Waals surface area contributed by atoms with Crippen LogP contribution in [0.1, 0.15) is 48.0 Å². The van der Waals surface area contributed by atoms with Crippen molar-refractivity contribution in [1.82, 2.24) is 9.78 Å². The molecule has 3 aromatic rings. The van der Waals surface area contributed by atoms with E-state index in [4.69, 9.17) is 23.2 Å². The normalized spacial score (nSPS) is 11.9. The van der Waals surface area contributed by atoms with E-state index in [0.29, 0.717) is 21.3 Å². The summed E-state index contributed by atoms with van der Waals surface area (Å²) in [7, 11) is 0. The van der Waals surface area contributed by atoms with Gasteiger partial charge < -0.3 is 0 Å². The van der Waals surface area contributed by atoms with Gasteiger partial charge in [0.25, 0.3) is 0 Å². The van der Waals surface area contributed by atoms with Gasteiger partial charge in [0, 0.05) is 16.1 Å². The van der Waals surface area contributed by atoms with Gasteiger partial charge in [0.05, 0.1) is 11.4 Å². The highest BCUT2D eigenvalue weighted by molar-refractivity contribution is 6.32. The molecule has 0 aliphatic heterocycles. The highest BCUT2D eigenvalue weighted by Crippen LogP contribution is 2.26. The molecule has 0 saturated carbocycles. The van der Waals surface area contributed by atoms with Crippen LogP contribution in [0, 0.1) is 6.92 Å². The van der Waals surface area contributed by atoms with Crippen molar-refractivity contribution in [2.24, 2.45) is 0 Å². The van der Waals surface area contributed by atoms with Crippen LogP contribution in [-0.4, -0.2) is 15.6 Å². The van der Waals surface area contributed by atoms with Crippen molar-refractivity contribution in [2.75, 3.05) is 0 Å². The lowest BCUT2D eigenvalue weighted by Crippen LogP contribution is -2.11. The molecule has 0 aliphatic carbocycles. The Morgan fingerprint density at radius 1 is 1.07 bits per heavy atom. The molecule has 0 spiro atoms. The number of nitrogens with zero attached hydrogens (tertiary/aromatic N) is 2. The lowest BCUT2D eigenvalue weighted by Gasteiger charge is -2.18. The van der Waals surface area contributed by atoms with E-state index in [2.05, 4.69) is 25.9 Å². The van der Waals surface area contributed by atoms with Crippen LogP contribution in [0.2, 0.25) is 10.2 Å². The third kappa shape index (κ3) is 4.37. The van der Waals surface area contributed by atoms with Gasteiger partial charge in [-0.15, -0.1) is 0 Å². The topological polar surface area (TPSA) is 34.9 Å². The van der Waals surface area contributed by atoms with Gasteiger partial charge in [-0.1, -0.05) is 74.3 Å². The number of halogens is 2. The number of benzene rings is 2. The van der Waals surface area contributed by atoms with Crippen LogP contribution in [0.4, 0.5) is 0 Å². The highest BCUT2D eigenvalue weighted by atomic mass is 35.5. The number of hydrogen-bond donors (Lipinski definition) is 0. The van der Waals surface area contributed by atoms with Gasteiger partial charge in [-0.05, 0) is 48.3 Å². The molecule has 1 aromatic heterocycles. The molecule has 0 aliphatic rings. The maximum absolute atomic E-state index is 12.5. The van der Waals surface area contributed by atoms with E-state index in [9.17, 15) is 4.79 Å². The molecule has 0 atom stereocenters. The Morgan fingerprint density at radius 2 is 1.75 bits per heavy atom. The number of allylic oxidation sites excluding steroid dienone is 1. The number of carbonyl (C=O) groups is 1. The minimum Gasteiger partial charge on any atom is -0.289 e. The van der Waals surface area contributed by atoms with Crippen molar-refractivity contribution in [3.63, 3.8) is 0 Å². The van der Waals surface area contributed by atoms with Crippen molar-refractivity contribution in [3.05, 3.63) is 87.2 Å². The monoisotopic (exact) mass is 412 g/mol. The fraction of sp³-hybridized carbons (Fsp3) is 0.217. The summed E-state index contributed by atoms with van der Waals surface area (Å²) in [5.41, 5.74) is 4.09. The van der Waals surface area contributed by atoms with Crippen molar-refractivity contribution in [1.29, 1.82) is 0 Å². The molecule has 3 rings (SSSR count). The van der Waals surface area contributed by atoms with Gasteiger partial charge in [0.2, 0.25) is 0 Å². The third-order valence-corrected chi connectivity index (χ3v) is 5.14. The number of aromatic nitrogens is 2. The third-order valence-electron chi connectivity index (χ3n) is 4.54. The van der Waals surface area contributed by atoms with E-state index in [1.165, 1.54) is 11.6 Å². The van der Waals surface area contributed by atoms with E-state index >= 15 is 0 Å². The minimum absolute atomic E-state index is 0.0526. The Hall–Kier alpha value is -2.36. The zero-order chi connectivity index (χ0) is 20.5. The molecule has 0 radical (unpaired) electrons. The van der Waals surface area contributed by atoms with Crippen molar-refractivity contribution in [3.8, 4) is 5.69 Å². The van der Waals surface area contributed by atoms with Crippen LogP contribution >= 0.6 is 23.2 Å². The van der Waals surface area contributed by atoms with Gasteiger partial charge in [-0.25, -0.2) is 4.68 Å². The summed E-state index contributed by atoms with van der Waals surface area (Å²) >= 11 is 12.6. The summed E-state index contributed by atoms with van der Waals surface area (Å²) in [6.45, 7) is 8.29. The first-order valence-corrected chi connectivity index (χ1v) is 9.76. The summed E-state index contributed by atoms with van der Waals surface area (Å²) in [5.74, 6) is -0.0774. The first kappa shape index (κ1) is 20.4. The lowest BCUT2D eigenvalue weighted by molar-refractivity contribution is 0.104. The molecule has 0 N–H and O–H groups in total. The average Bonchev–Trinajstić information content (AvgIpc) is 2.93. The SMILES string of the molecule is Cc1nn(-c2cccc(Cl)c2)c(Cl)c1C=CC(=O)c1ccc(C(C)(C)C)cc1. The molecule has 0 saturated heterocycles. The molecular formula is C23H22Cl2N2O. The standard InChI is InChI=1S/C23H22Cl2N2O/c1-15-20(22(25)27(26-15)19-7-5-6-18(24)14-19)12-13-21(28)16-8-10-17(11-9-16)23(2,3)4/h5-14H,1-4H3. The van der Waals surface area contributed by atoms with Gasteiger partial charge >= 0.3 is 0 Å². The largest absolute Gasteiger partial charge is 0.289 e. The average molecular weight is 413 g/mol. The number of hydrogen-bond acceptors (Lipinski definition) is 2. The van der Waals surface area contributed by atoms with Crippen LogP contribution in [0.15, 0.2) is 54.6 Å². The van der Waals surface area contributed by atoms with Crippen molar-refractivity contribution >= 4 is 35.1 Å². The van der Waals surface area contributed by atoms with Gasteiger partial charge in [-0.2, -0.15) is 5.10 Å². The second-order valence-corrected chi connectivity index (χ2v) is 8.50. The number of rotatable bonds is 4. The molecular weight excluding hydrogens is 391 g/mol. The second kappa shape index (κ2) is 7.94. The van der Waals surface area contributed by atoms with E-state index in [0.717, 1.165) is 11.4 Å². The Bertz CT molecular complexity index is 1040. The maximum Gasteiger partial charge on any atom is 0.185 e. The minimum atomic E-state index is -0.0774. The fourth-order valence-electron chi connectivity index (χ4n) is 2.87. The molecule has 0 fully saturated rings. The number of aryl methyl sites for hydroxylation is 1. The lowest BCUT2D eigenvalue weighted by atomic mass is 9.86. The number of carbonyl (C=O) groups excluding carboxylic acids is 1. The Labute approximate surface area is 175 Å². The Balaban J connectivity index is 1.85. The maximum atomic E-state index is 12.5.